The molecule has 0 aliphatic rings. The van der Waals surface area contributed by atoms with Crippen molar-refractivity contribution < 1.29 is 9.90 Å². The molecule has 2 aromatic carbocycles. The molecule has 2 aromatic rings. The Kier molecular flexibility index (Phi) is 3.76. The molecule has 5 heteroatoms. The molecule has 0 saturated carbocycles. The van der Waals surface area contributed by atoms with E-state index in [1.807, 2.05) is 25.1 Å². The molecule has 4 nitrogen and oxygen atoms in total. The van der Waals surface area contributed by atoms with Gasteiger partial charge in [0.1, 0.15) is 0 Å². The highest BCUT2D eigenvalue weighted by atomic mass is 79.9. The van der Waals surface area contributed by atoms with E-state index in [1.54, 1.807) is 12.1 Å². The summed E-state index contributed by atoms with van der Waals surface area (Å²) >= 11 is 3.45. The summed E-state index contributed by atoms with van der Waals surface area (Å²) in [5.41, 5.74) is 8.68. The lowest BCUT2D eigenvalue weighted by atomic mass is 10.1. The Bertz CT molecular complexity index is 641. The highest BCUT2D eigenvalue weighted by molar-refractivity contribution is 9.10. The predicted molar refractivity (Wildman–Crippen MR) is 80.0 cm³/mol. The lowest BCUT2D eigenvalue weighted by Gasteiger charge is -2.13. The largest absolute Gasteiger partial charge is 0.478 e. The van der Waals surface area contributed by atoms with E-state index in [0.717, 1.165) is 15.7 Å². The molecule has 2 rings (SSSR count). The monoisotopic (exact) mass is 320 g/mol. The van der Waals surface area contributed by atoms with Crippen molar-refractivity contribution in [2.75, 3.05) is 11.1 Å². The first-order valence-corrected chi connectivity index (χ1v) is 6.44. The maximum absolute atomic E-state index is 11.0. The number of anilines is 3. The minimum atomic E-state index is -1.04. The Morgan fingerprint density at radius 1 is 1.21 bits per heavy atom. The second kappa shape index (κ2) is 5.32. The van der Waals surface area contributed by atoms with Crippen molar-refractivity contribution in [1.29, 1.82) is 0 Å². The number of nitrogens with one attached hydrogen (secondary N) is 1. The van der Waals surface area contributed by atoms with Crippen LogP contribution in [-0.4, -0.2) is 11.1 Å². The van der Waals surface area contributed by atoms with Crippen LogP contribution >= 0.6 is 15.9 Å². The van der Waals surface area contributed by atoms with Gasteiger partial charge in [-0.05, 0) is 36.8 Å². The van der Waals surface area contributed by atoms with Gasteiger partial charge >= 0.3 is 5.97 Å². The minimum absolute atomic E-state index is 0.0950. The van der Waals surface area contributed by atoms with Crippen molar-refractivity contribution in [1.82, 2.24) is 0 Å². The van der Waals surface area contributed by atoms with Crippen molar-refractivity contribution in [2.45, 2.75) is 6.92 Å². The van der Waals surface area contributed by atoms with Crippen LogP contribution in [0.4, 0.5) is 17.1 Å². The van der Waals surface area contributed by atoms with E-state index in [2.05, 4.69) is 21.2 Å². The van der Waals surface area contributed by atoms with Gasteiger partial charge < -0.3 is 16.2 Å². The fourth-order valence-corrected chi connectivity index (χ4v) is 2.11. The van der Waals surface area contributed by atoms with Crippen LogP contribution in [0.2, 0.25) is 0 Å². The second-order valence-corrected chi connectivity index (χ2v) is 4.96. The Hall–Kier alpha value is -2.01. The average molecular weight is 321 g/mol. The molecule has 0 spiro atoms. The van der Waals surface area contributed by atoms with Crippen LogP contribution in [0.3, 0.4) is 0 Å². The van der Waals surface area contributed by atoms with E-state index < -0.39 is 5.97 Å². The lowest BCUT2D eigenvalue weighted by molar-refractivity contribution is 0.0698. The van der Waals surface area contributed by atoms with Crippen LogP contribution in [-0.2, 0) is 0 Å². The number of nitrogen functional groups attached to an aromatic ring is 1. The normalized spacial score (nSPS) is 10.2. The smallest absolute Gasteiger partial charge is 0.337 e. The summed E-state index contributed by atoms with van der Waals surface area (Å²) in [6, 6.07) is 10.6. The highest BCUT2D eigenvalue weighted by Gasteiger charge is 2.11. The number of para-hydroxylation sites is 1. The van der Waals surface area contributed by atoms with Gasteiger partial charge in [-0.15, -0.1) is 0 Å². The van der Waals surface area contributed by atoms with Gasteiger partial charge in [0.15, 0.2) is 0 Å². The third-order valence-corrected chi connectivity index (χ3v) is 3.73. The Balaban J connectivity index is 2.42. The third kappa shape index (κ3) is 2.71. The van der Waals surface area contributed by atoms with Crippen LogP contribution in [0.5, 0.6) is 0 Å². The quantitative estimate of drug-likeness (QED) is 0.752. The number of aromatic carboxylic acids is 1. The number of carbonyl (C=O) groups is 1. The molecule has 19 heavy (non-hydrogen) atoms. The van der Waals surface area contributed by atoms with Crippen LogP contribution < -0.4 is 11.1 Å². The van der Waals surface area contributed by atoms with Gasteiger partial charge in [0.05, 0.1) is 16.9 Å². The average Bonchev–Trinajstić information content (AvgIpc) is 2.37. The molecule has 0 heterocycles. The summed E-state index contributed by atoms with van der Waals surface area (Å²) < 4.78 is 0.977. The molecule has 0 unspecified atom stereocenters. The molecule has 0 aromatic heterocycles. The number of rotatable bonds is 3. The summed E-state index contributed by atoms with van der Waals surface area (Å²) in [5.74, 6) is -1.04. The number of carboxylic acids is 1. The molecule has 0 fully saturated rings. The van der Waals surface area contributed by atoms with Crippen molar-refractivity contribution in [3.63, 3.8) is 0 Å². The van der Waals surface area contributed by atoms with Gasteiger partial charge in [-0.1, -0.05) is 28.1 Å². The number of hydrogen-bond acceptors (Lipinski definition) is 3. The van der Waals surface area contributed by atoms with Crippen LogP contribution in [0, 0.1) is 6.92 Å². The van der Waals surface area contributed by atoms with Crippen LogP contribution in [0.15, 0.2) is 40.9 Å². The first-order valence-electron chi connectivity index (χ1n) is 5.64. The zero-order chi connectivity index (χ0) is 14.0. The van der Waals surface area contributed by atoms with E-state index in [-0.39, 0.29) is 11.3 Å². The topological polar surface area (TPSA) is 75.3 Å². The molecule has 4 N–H and O–H groups in total. The van der Waals surface area contributed by atoms with E-state index in [9.17, 15) is 4.79 Å². The zero-order valence-corrected chi connectivity index (χ0v) is 11.9. The highest BCUT2D eigenvalue weighted by Crippen LogP contribution is 2.30. The van der Waals surface area contributed by atoms with E-state index in [4.69, 9.17) is 10.8 Å². The molecule has 0 saturated heterocycles. The summed E-state index contributed by atoms with van der Waals surface area (Å²) in [7, 11) is 0. The number of halogens is 1. The molecular weight excluding hydrogens is 308 g/mol. The number of nitrogens with two attached hydrogens (primary N) is 1. The van der Waals surface area contributed by atoms with Gasteiger partial charge in [-0.25, -0.2) is 4.79 Å². The molecule has 0 radical (unpaired) electrons. The first-order chi connectivity index (χ1) is 9.00. The van der Waals surface area contributed by atoms with Gasteiger partial charge in [0.25, 0.3) is 0 Å². The van der Waals surface area contributed by atoms with Crippen molar-refractivity contribution in [2.24, 2.45) is 0 Å². The van der Waals surface area contributed by atoms with Crippen molar-refractivity contribution in [3.8, 4) is 0 Å². The van der Waals surface area contributed by atoms with E-state index >= 15 is 0 Å². The molecular formula is C14H13BrN2O2. The lowest BCUT2D eigenvalue weighted by Crippen LogP contribution is -2.05. The van der Waals surface area contributed by atoms with E-state index in [1.165, 1.54) is 6.07 Å². The Morgan fingerprint density at radius 3 is 2.53 bits per heavy atom. The molecule has 0 amide bonds. The summed E-state index contributed by atoms with van der Waals surface area (Å²) in [5, 5.41) is 12.2. The SMILES string of the molecule is Cc1c(Br)cccc1Nc1cccc(C(=O)O)c1N. The standard InChI is InChI=1S/C14H13BrN2O2/c1-8-10(15)5-3-6-11(8)17-12-7-2-4-9(13(12)16)14(18)19/h2-7,17H,16H2,1H3,(H,18,19). The molecule has 0 aliphatic heterocycles. The Labute approximate surface area is 119 Å². The zero-order valence-electron chi connectivity index (χ0n) is 10.3. The molecule has 0 atom stereocenters. The van der Waals surface area contributed by atoms with Gasteiger partial charge in [0, 0.05) is 10.2 Å². The summed E-state index contributed by atoms with van der Waals surface area (Å²) in [6.45, 7) is 1.96. The number of carboxylic acid groups (broad SMARTS) is 1. The second-order valence-electron chi connectivity index (χ2n) is 4.11. The van der Waals surface area contributed by atoms with E-state index in [0.29, 0.717) is 5.69 Å². The first kappa shape index (κ1) is 13.4. The Morgan fingerprint density at radius 2 is 1.84 bits per heavy atom. The predicted octanol–water partition coefficient (Wildman–Crippen LogP) is 3.78. The third-order valence-electron chi connectivity index (χ3n) is 2.87. The van der Waals surface area contributed by atoms with Crippen molar-refractivity contribution in [3.05, 3.63) is 52.0 Å². The minimum Gasteiger partial charge on any atom is -0.478 e. The van der Waals surface area contributed by atoms with Crippen LogP contribution in [0.1, 0.15) is 15.9 Å². The summed E-state index contributed by atoms with van der Waals surface area (Å²) in [4.78, 5) is 11.0. The maximum atomic E-state index is 11.0. The van der Waals surface area contributed by atoms with Gasteiger partial charge in [-0.3, -0.25) is 0 Å². The number of hydrogen-bond donors (Lipinski definition) is 3. The number of benzene rings is 2. The fraction of sp³-hybridized carbons (Fsp3) is 0.0714. The maximum Gasteiger partial charge on any atom is 0.337 e. The molecule has 98 valence electrons. The van der Waals surface area contributed by atoms with Gasteiger partial charge in [-0.2, -0.15) is 0 Å². The molecule has 0 bridgehead atoms. The van der Waals surface area contributed by atoms with Gasteiger partial charge in [0.2, 0.25) is 0 Å². The van der Waals surface area contributed by atoms with Crippen molar-refractivity contribution >= 4 is 39.0 Å². The van der Waals surface area contributed by atoms with Crippen LogP contribution in [0.25, 0.3) is 0 Å². The molecule has 0 aliphatic carbocycles. The fourth-order valence-electron chi connectivity index (χ4n) is 1.75. The summed E-state index contributed by atoms with van der Waals surface area (Å²) in [6.07, 6.45) is 0.